The average Bonchev–Trinajstić information content (AvgIpc) is 2.70. The van der Waals surface area contributed by atoms with E-state index in [9.17, 15) is 0 Å². The van der Waals surface area contributed by atoms with Gasteiger partial charge in [0.25, 0.3) is 0 Å². The minimum atomic E-state index is 0.328. The summed E-state index contributed by atoms with van der Waals surface area (Å²) in [5, 5.41) is 0.601. The van der Waals surface area contributed by atoms with E-state index in [0.717, 1.165) is 10.0 Å². The molecule has 0 aliphatic rings. The van der Waals surface area contributed by atoms with Crippen molar-refractivity contribution >= 4 is 27.5 Å². The number of rotatable bonds is 2. The molecule has 0 atom stereocenters. The van der Waals surface area contributed by atoms with E-state index in [2.05, 4.69) is 20.9 Å². The summed E-state index contributed by atoms with van der Waals surface area (Å²) in [7, 11) is 0. The van der Waals surface area contributed by atoms with E-state index in [4.69, 9.17) is 21.8 Å². The van der Waals surface area contributed by atoms with Crippen molar-refractivity contribution < 1.29 is 4.42 Å². The van der Waals surface area contributed by atoms with Crippen LogP contribution in [-0.4, -0.2) is 4.98 Å². The van der Waals surface area contributed by atoms with Crippen LogP contribution in [0.3, 0.4) is 0 Å². The summed E-state index contributed by atoms with van der Waals surface area (Å²) in [6.45, 7) is 0.328. The van der Waals surface area contributed by atoms with Crippen molar-refractivity contribution in [1.29, 1.82) is 0 Å². The molecular formula is C10H8BrClN2O. The number of benzene rings is 1. The van der Waals surface area contributed by atoms with Crippen LogP contribution in [0.2, 0.25) is 5.02 Å². The fourth-order valence-electron chi connectivity index (χ4n) is 1.31. The Bertz CT molecular complexity index is 484. The van der Waals surface area contributed by atoms with E-state index < -0.39 is 0 Å². The zero-order valence-electron chi connectivity index (χ0n) is 7.71. The molecule has 2 aromatic rings. The third-order valence-electron chi connectivity index (χ3n) is 2.03. The van der Waals surface area contributed by atoms with E-state index in [1.807, 2.05) is 18.2 Å². The molecule has 0 radical (unpaired) electrons. The lowest BCUT2D eigenvalue weighted by molar-refractivity contribution is 0.571. The van der Waals surface area contributed by atoms with Crippen molar-refractivity contribution in [2.45, 2.75) is 6.54 Å². The van der Waals surface area contributed by atoms with Crippen molar-refractivity contribution in [3.8, 4) is 11.3 Å². The van der Waals surface area contributed by atoms with Gasteiger partial charge < -0.3 is 10.2 Å². The molecule has 15 heavy (non-hydrogen) atoms. The molecule has 0 aliphatic heterocycles. The third-order valence-corrected chi connectivity index (χ3v) is 3.33. The van der Waals surface area contributed by atoms with Crippen LogP contribution < -0.4 is 5.73 Å². The minimum absolute atomic E-state index is 0.328. The number of halogens is 2. The van der Waals surface area contributed by atoms with Gasteiger partial charge in [-0.25, -0.2) is 4.98 Å². The summed E-state index contributed by atoms with van der Waals surface area (Å²) < 4.78 is 6.10. The Kier molecular flexibility index (Phi) is 3.09. The van der Waals surface area contributed by atoms with Crippen molar-refractivity contribution in [3.63, 3.8) is 0 Å². The normalized spacial score (nSPS) is 10.6. The molecule has 0 saturated heterocycles. The topological polar surface area (TPSA) is 52.0 Å². The first-order valence-corrected chi connectivity index (χ1v) is 5.48. The fraction of sp³-hybridized carbons (Fsp3) is 0.100. The molecule has 5 heteroatoms. The standard InChI is InChI=1S/C10H8BrClN2O/c11-7-3-1-2-6(9(7)12)10-8(4-13)14-5-15-10/h1-3,5H,4,13H2. The Morgan fingerprint density at radius 1 is 1.47 bits per heavy atom. The maximum atomic E-state index is 6.14. The molecule has 1 heterocycles. The number of aromatic nitrogens is 1. The van der Waals surface area contributed by atoms with Gasteiger partial charge in [-0.05, 0) is 28.1 Å². The van der Waals surface area contributed by atoms with Gasteiger partial charge in [0.2, 0.25) is 0 Å². The maximum absolute atomic E-state index is 6.14. The van der Waals surface area contributed by atoms with Crippen LogP contribution in [0.15, 0.2) is 33.5 Å². The minimum Gasteiger partial charge on any atom is -0.443 e. The molecule has 0 fully saturated rings. The highest BCUT2D eigenvalue weighted by Gasteiger charge is 2.13. The first-order valence-electron chi connectivity index (χ1n) is 4.31. The molecule has 78 valence electrons. The van der Waals surface area contributed by atoms with Gasteiger partial charge in [0, 0.05) is 16.6 Å². The Hall–Kier alpha value is -0.840. The van der Waals surface area contributed by atoms with Crippen LogP contribution >= 0.6 is 27.5 Å². The van der Waals surface area contributed by atoms with Crippen LogP contribution in [0.1, 0.15) is 5.69 Å². The molecule has 0 saturated carbocycles. The molecule has 0 bridgehead atoms. The van der Waals surface area contributed by atoms with E-state index in [1.54, 1.807) is 0 Å². The predicted octanol–water partition coefficient (Wildman–Crippen LogP) is 3.22. The summed E-state index contributed by atoms with van der Waals surface area (Å²) in [6.07, 6.45) is 1.37. The van der Waals surface area contributed by atoms with Crippen LogP contribution in [0.25, 0.3) is 11.3 Å². The molecule has 3 nitrogen and oxygen atoms in total. The van der Waals surface area contributed by atoms with Gasteiger partial charge in [-0.15, -0.1) is 0 Å². The molecule has 1 aromatic carbocycles. The summed E-state index contributed by atoms with van der Waals surface area (Å²) in [5.41, 5.74) is 7.04. The molecule has 2 N–H and O–H groups in total. The van der Waals surface area contributed by atoms with Crippen LogP contribution in [0.5, 0.6) is 0 Å². The lowest BCUT2D eigenvalue weighted by Gasteiger charge is -2.03. The number of oxazole rings is 1. The van der Waals surface area contributed by atoms with Crippen LogP contribution in [0, 0.1) is 0 Å². The first-order chi connectivity index (χ1) is 7.24. The van der Waals surface area contributed by atoms with E-state index in [0.29, 0.717) is 23.0 Å². The Labute approximate surface area is 100 Å². The fourth-order valence-corrected chi connectivity index (χ4v) is 1.89. The molecular weight excluding hydrogens is 279 g/mol. The summed E-state index contributed by atoms with van der Waals surface area (Å²) in [4.78, 5) is 4.02. The lowest BCUT2D eigenvalue weighted by atomic mass is 10.1. The summed E-state index contributed by atoms with van der Waals surface area (Å²) >= 11 is 9.49. The van der Waals surface area contributed by atoms with E-state index >= 15 is 0 Å². The number of nitrogens with zero attached hydrogens (tertiary/aromatic N) is 1. The van der Waals surface area contributed by atoms with Gasteiger partial charge in [0.05, 0.1) is 5.02 Å². The zero-order valence-corrected chi connectivity index (χ0v) is 10.0. The first kappa shape index (κ1) is 10.7. The van der Waals surface area contributed by atoms with Crippen molar-refractivity contribution in [2.24, 2.45) is 5.73 Å². The van der Waals surface area contributed by atoms with Gasteiger partial charge in [-0.1, -0.05) is 17.7 Å². The highest BCUT2D eigenvalue weighted by Crippen LogP contribution is 2.34. The van der Waals surface area contributed by atoms with Crippen molar-refractivity contribution in [2.75, 3.05) is 0 Å². The molecule has 0 spiro atoms. The average molecular weight is 288 g/mol. The largest absolute Gasteiger partial charge is 0.443 e. The zero-order chi connectivity index (χ0) is 10.8. The number of hydrogen-bond acceptors (Lipinski definition) is 3. The lowest BCUT2D eigenvalue weighted by Crippen LogP contribution is -1.98. The SMILES string of the molecule is NCc1ncoc1-c1cccc(Br)c1Cl. The van der Waals surface area contributed by atoms with E-state index in [-0.39, 0.29) is 0 Å². The number of nitrogens with two attached hydrogens (primary N) is 1. The van der Waals surface area contributed by atoms with Gasteiger partial charge in [0.15, 0.2) is 12.2 Å². The Morgan fingerprint density at radius 2 is 2.27 bits per heavy atom. The molecule has 0 amide bonds. The smallest absolute Gasteiger partial charge is 0.181 e. The van der Waals surface area contributed by atoms with Gasteiger partial charge in [0.1, 0.15) is 5.69 Å². The van der Waals surface area contributed by atoms with Crippen LogP contribution in [-0.2, 0) is 6.54 Å². The highest BCUT2D eigenvalue weighted by atomic mass is 79.9. The number of hydrogen-bond donors (Lipinski definition) is 1. The van der Waals surface area contributed by atoms with Crippen molar-refractivity contribution in [1.82, 2.24) is 4.98 Å². The van der Waals surface area contributed by atoms with Gasteiger partial charge in [-0.2, -0.15) is 0 Å². The quantitative estimate of drug-likeness (QED) is 0.922. The highest BCUT2D eigenvalue weighted by molar-refractivity contribution is 9.10. The van der Waals surface area contributed by atoms with Gasteiger partial charge in [-0.3, -0.25) is 0 Å². The second-order valence-electron chi connectivity index (χ2n) is 2.93. The Balaban J connectivity index is 2.59. The molecule has 0 aliphatic carbocycles. The van der Waals surface area contributed by atoms with Crippen LogP contribution in [0.4, 0.5) is 0 Å². The summed E-state index contributed by atoms with van der Waals surface area (Å²) in [6, 6.07) is 5.62. The van der Waals surface area contributed by atoms with Crippen molar-refractivity contribution in [3.05, 3.63) is 39.8 Å². The Morgan fingerprint density at radius 3 is 3.00 bits per heavy atom. The van der Waals surface area contributed by atoms with E-state index in [1.165, 1.54) is 6.39 Å². The monoisotopic (exact) mass is 286 g/mol. The second-order valence-corrected chi connectivity index (χ2v) is 4.17. The molecule has 0 unspecified atom stereocenters. The molecule has 1 aromatic heterocycles. The molecule has 2 rings (SSSR count). The van der Waals surface area contributed by atoms with Gasteiger partial charge >= 0.3 is 0 Å². The maximum Gasteiger partial charge on any atom is 0.181 e. The second kappa shape index (κ2) is 4.35. The summed E-state index contributed by atoms with van der Waals surface area (Å²) in [5.74, 6) is 0.629. The predicted molar refractivity (Wildman–Crippen MR) is 62.5 cm³/mol. The third kappa shape index (κ3) is 1.93.